The first-order chi connectivity index (χ1) is 8.02. The van der Waals surface area contributed by atoms with Crippen LogP contribution < -0.4 is 0 Å². The predicted molar refractivity (Wildman–Crippen MR) is 81.6 cm³/mol. The zero-order valence-corrected chi connectivity index (χ0v) is 18.4. The maximum atomic E-state index is 5.76. The van der Waals surface area contributed by atoms with E-state index in [0.29, 0.717) is 26.0 Å². The van der Waals surface area contributed by atoms with Crippen molar-refractivity contribution in [2.24, 2.45) is 5.92 Å². The molecule has 2 atom stereocenters. The van der Waals surface area contributed by atoms with E-state index in [2.05, 4.69) is 34.3 Å². The Morgan fingerprint density at radius 1 is 1.24 bits per heavy atom. The molecule has 17 heavy (non-hydrogen) atoms. The third kappa shape index (κ3) is 5.67. The number of hydrogen-bond acceptors (Lipinski definition) is 1. The van der Waals surface area contributed by atoms with Gasteiger partial charge in [-0.1, -0.05) is 0 Å². The molecule has 0 heterocycles. The van der Waals surface area contributed by atoms with Crippen molar-refractivity contribution >= 4 is 22.5 Å². The average molecular weight is 347 g/mol. The van der Waals surface area contributed by atoms with Crippen LogP contribution in [0.15, 0.2) is 12.3 Å². The second-order valence-corrected chi connectivity index (χ2v) is 10.5. The third-order valence-corrected chi connectivity index (χ3v) is 9.92. The molecule has 0 amide bonds. The van der Waals surface area contributed by atoms with Crippen LogP contribution in [-0.2, 0) is 4.74 Å². The van der Waals surface area contributed by atoms with E-state index >= 15 is 0 Å². The molecule has 0 aliphatic heterocycles. The standard InChI is InChI=1S/C15H29O.Sn.3H/c1-6-9-11-13(4)15(12-10-7-2)14(5)16-8-3;;;;/h13H,5-12H2,1-4H3;;;;. The van der Waals surface area contributed by atoms with Crippen LogP contribution in [0.1, 0.15) is 66.2 Å². The second-order valence-electron chi connectivity index (χ2n) is 5.42. The summed E-state index contributed by atoms with van der Waals surface area (Å²) < 4.78 is 6.13. The van der Waals surface area contributed by atoms with Gasteiger partial charge in [-0.2, -0.15) is 0 Å². The van der Waals surface area contributed by atoms with E-state index < -0.39 is 0 Å². The molecule has 0 aliphatic carbocycles. The Hall–Kier alpha value is 0.339. The number of allylic oxidation sites excluding steroid dienone is 1. The third-order valence-electron chi connectivity index (χ3n) is 4.08. The molecule has 0 spiro atoms. The first kappa shape index (κ1) is 17.3. The van der Waals surface area contributed by atoms with E-state index in [1.807, 2.05) is 0 Å². The summed E-state index contributed by atoms with van der Waals surface area (Å²) in [5, 5.41) is 0. The molecule has 2 heteroatoms. The van der Waals surface area contributed by atoms with Gasteiger partial charge in [-0.15, -0.1) is 0 Å². The molecule has 2 unspecified atom stereocenters. The number of rotatable bonds is 10. The summed E-state index contributed by atoms with van der Waals surface area (Å²) in [4.78, 5) is 0. The summed E-state index contributed by atoms with van der Waals surface area (Å²) in [7, 11) is 0. The fourth-order valence-electron chi connectivity index (χ4n) is 2.37. The molecule has 0 aromatic carbocycles. The van der Waals surface area contributed by atoms with Crippen LogP contribution in [0.4, 0.5) is 0 Å². The van der Waals surface area contributed by atoms with Crippen molar-refractivity contribution in [2.75, 3.05) is 6.61 Å². The molecule has 0 aromatic rings. The molecule has 0 aliphatic rings. The van der Waals surface area contributed by atoms with Gasteiger partial charge in [0.1, 0.15) is 0 Å². The van der Waals surface area contributed by atoms with Crippen LogP contribution >= 0.6 is 0 Å². The van der Waals surface area contributed by atoms with Crippen LogP contribution in [0.3, 0.4) is 0 Å². The molecular formula is C15H32OSn. The van der Waals surface area contributed by atoms with Crippen LogP contribution in [-0.4, -0.2) is 29.1 Å². The Balaban J connectivity index is 4.62. The minimum absolute atomic E-state index is 0.364. The van der Waals surface area contributed by atoms with E-state index in [1.54, 1.807) is 0 Å². The molecule has 0 fully saturated rings. The molecular weight excluding hydrogens is 315 g/mol. The van der Waals surface area contributed by atoms with E-state index in [9.17, 15) is 0 Å². The SMILES string of the molecule is C=C(OCC)[C]([SnH3])(CCCC)C(C)CCCC. The Morgan fingerprint density at radius 2 is 1.82 bits per heavy atom. The molecule has 0 rings (SSSR count). The Morgan fingerprint density at radius 3 is 2.29 bits per heavy atom. The van der Waals surface area contributed by atoms with Crippen molar-refractivity contribution in [3.63, 3.8) is 0 Å². The van der Waals surface area contributed by atoms with E-state index in [-0.39, 0.29) is 0 Å². The summed E-state index contributed by atoms with van der Waals surface area (Å²) in [6.07, 6.45) is 7.86. The van der Waals surface area contributed by atoms with Gasteiger partial charge in [0.15, 0.2) is 0 Å². The van der Waals surface area contributed by atoms with E-state index in [4.69, 9.17) is 4.74 Å². The number of unbranched alkanes of at least 4 members (excludes halogenated alkanes) is 2. The van der Waals surface area contributed by atoms with Gasteiger partial charge in [-0.25, -0.2) is 0 Å². The fourth-order valence-corrected chi connectivity index (χ4v) is 4.62. The Bertz CT molecular complexity index is 215. The van der Waals surface area contributed by atoms with Crippen LogP contribution in [0.25, 0.3) is 0 Å². The zero-order valence-electron chi connectivity index (χ0n) is 12.6. The quantitative estimate of drug-likeness (QED) is 0.428. The average Bonchev–Trinajstić information content (AvgIpc) is 2.33. The number of ether oxygens (including phenoxy) is 1. The molecule has 0 saturated carbocycles. The van der Waals surface area contributed by atoms with Crippen molar-refractivity contribution in [2.45, 2.75) is 69.7 Å². The van der Waals surface area contributed by atoms with Crippen LogP contribution in [0.2, 0.25) is 3.43 Å². The number of hydrogen-bond donors (Lipinski definition) is 0. The van der Waals surface area contributed by atoms with Crippen molar-refractivity contribution < 1.29 is 4.74 Å². The van der Waals surface area contributed by atoms with Crippen molar-refractivity contribution in [3.05, 3.63) is 12.3 Å². The molecule has 0 radical (unpaired) electrons. The summed E-state index contributed by atoms with van der Waals surface area (Å²) in [6.45, 7) is 14.0. The van der Waals surface area contributed by atoms with Crippen molar-refractivity contribution in [1.82, 2.24) is 0 Å². The molecule has 0 bridgehead atoms. The summed E-state index contributed by atoms with van der Waals surface area (Å²) in [5.74, 6) is 1.84. The summed E-state index contributed by atoms with van der Waals surface area (Å²) >= 11 is 0.554. The summed E-state index contributed by atoms with van der Waals surface area (Å²) in [5.41, 5.74) is 0. The predicted octanol–water partition coefficient (Wildman–Crippen LogP) is 4.08. The summed E-state index contributed by atoms with van der Waals surface area (Å²) in [6, 6.07) is 0. The van der Waals surface area contributed by atoms with E-state index in [1.165, 1.54) is 38.5 Å². The van der Waals surface area contributed by atoms with E-state index in [0.717, 1.165) is 18.3 Å². The Kier molecular flexibility index (Phi) is 9.48. The first-order valence-corrected chi connectivity index (χ1v) is 10.2. The van der Waals surface area contributed by atoms with Gasteiger partial charge >= 0.3 is 122 Å². The molecule has 102 valence electrons. The normalized spacial score (nSPS) is 16.5. The molecule has 0 aromatic heterocycles. The van der Waals surface area contributed by atoms with Crippen LogP contribution in [0.5, 0.6) is 0 Å². The topological polar surface area (TPSA) is 9.23 Å². The monoisotopic (exact) mass is 348 g/mol. The fraction of sp³-hybridized carbons (Fsp3) is 0.867. The van der Waals surface area contributed by atoms with Gasteiger partial charge < -0.3 is 0 Å². The zero-order chi connectivity index (χ0) is 13.3. The minimum atomic E-state index is 0.364. The van der Waals surface area contributed by atoms with Gasteiger partial charge in [0.2, 0.25) is 0 Å². The Labute approximate surface area is 121 Å². The second kappa shape index (κ2) is 9.29. The van der Waals surface area contributed by atoms with Crippen molar-refractivity contribution in [3.8, 4) is 0 Å². The van der Waals surface area contributed by atoms with Gasteiger partial charge in [0, 0.05) is 0 Å². The maximum absolute atomic E-state index is 5.76. The first-order valence-electron chi connectivity index (χ1n) is 7.35. The van der Waals surface area contributed by atoms with Gasteiger partial charge in [-0.3, -0.25) is 0 Å². The molecule has 1 nitrogen and oxygen atoms in total. The van der Waals surface area contributed by atoms with Gasteiger partial charge in [0.25, 0.3) is 0 Å². The van der Waals surface area contributed by atoms with Crippen molar-refractivity contribution in [1.29, 1.82) is 0 Å². The van der Waals surface area contributed by atoms with Gasteiger partial charge in [-0.05, 0) is 0 Å². The molecule has 0 N–H and O–H groups in total. The van der Waals surface area contributed by atoms with Gasteiger partial charge in [0.05, 0.1) is 0 Å². The molecule has 0 saturated heterocycles. The van der Waals surface area contributed by atoms with Crippen LogP contribution in [0, 0.1) is 5.92 Å².